The lowest BCUT2D eigenvalue weighted by Gasteiger charge is -2.37. The molecule has 2 N–H and O–H groups in total. The van der Waals surface area contributed by atoms with Crippen LogP contribution in [0, 0.1) is 13.8 Å². The molecule has 9 rings (SSSR count). The molecular formula is C55H67BrF6N16O9. The van der Waals surface area contributed by atoms with Crippen LogP contribution in [0.15, 0.2) is 44.7 Å². The molecular weight excluding hydrogens is 1220 g/mol. The quantitative estimate of drug-likeness (QED) is 0.118. The number of nitrogens with zero attached hydrogens (tertiary/aromatic N) is 14. The van der Waals surface area contributed by atoms with Gasteiger partial charge in [-0.15, -0.1) is 10.2 Å². The third kappa shape index (κ3) is 15.1. The molecule has 0 saturated carbocycles. The molecule has 0 aliphatic carbocycles. The van der Waals surface area contributed by atoms with E-state index in [2.05, 4.69) is 56.7 Å². The van der Waals surface area contributed by atoms with Gasteiger partial charge in [0, 0.05) is 52.4 Å². The van der Waals surface area contributed by atoms with Gasteiger partial charge in [0.2, 0.25) is 33.9 Å². The molecule has 0 aromatic carbocycles. The van der Waals surface area contributed by atoms with E-state index in [1.165, 1.54) is 13.8 Å². The van der Waals surface area contributed by atoms with E-state index in [4.69, 9.17) is 14.2 Å². The zero-order valence-electron chi connectivity index (χ0n) is 49.6. The number of rotatable bonds is 11. The van der Waals surface area contributed by atoms with E-state index in [0.29, 0.717) is 100 Å². The van der Waals surface area contributed by atoms with Crippen LogP contribution in [0.4, 0.5) is 58.7 Å². The number of hydrogen-bond donors (Lipinski definition) is 2. The van der Waals surface area contributed by atoms with Crippen LogP contribution in [-0.4, -0.2) is 152 Å². The number of carbonyl (C=O) groups is 4. The van der Waals surface area contributed by atoms with Crippen LogP contribution < -0.4 is 31.6 Å². The Balaban J connectivity index is 0.000000227. The van der Waals surface area contributed by atoms with Crippen molar-refractivity contribution >= 4 is 80.0 Å². The highest BCUT2D eigenvalue weighted by molar-refractivity contribution is 9.10. The van der Waals surface area contributed by atoms with E-state index < -0.39 is 70.1 Å². The van der Waals surface area contributed by atoms with Crippen molar-refractivity contribution in [1.29, 1.82) is 0 Å². The van der Waals surface area contributed by atoms with Gasteiger partial charge in [0.1, 0.15) is 47.1 Å². The normalized spacial score (nSPS) is 15.2. The number of fused-ring (bicyclic) bond motifs is 2. The van der Waals surface area contributed by atoms with Gasteiger partial charge in [-0.25, -0.2) is 19.6 Å². The standard InChI is InChI=1S/C30H37F3N8O5.C25H30BrF3N8O4/c1-6-20-24(38-12-14-39(15-13-38)28(44)46-29(3,4)5)26(43)41-27(36-25(37-41)21-9-7-8-16-45-21)40(20)17-23(42)35-19-10-11-22(30(31,32)33)34-18(19)2;1-6-16-19(34-9-11-35(12-10-34)23(40)41-24(3,4)5)20(39)37-22(32-21(26)33-37)36(16)13-18(38)31-15-7-8-17(25(27,28)29)30-14(15)2/h9-11H,6-8,12-17H2,1-5H3,(H,35,42);7-8H,6,9-13H2,1-5H3,(H,31,38). The van der Waals surface area contributed by atoms with Crippen molar-refractivity contribution in [3.8, 4) is 0 Å². The molecule has 87 heavy (non-hydrogen) atoms. The highest BCUT2D eigenvalue weighted by Gasteiger charge is 2.36. The average Bonchev–Trinajstić information content (AvgIpc) is 1.76. The summed E-state index contributed by atoms with van der Waals surface area (Å²) in [5, 5.41) is 13.9. The van der Waals surface area contributed by atoms with E-state index in [1.807, 2.05) is 29.7 Å². The first-order chi connectivity index (χ1) is 40.7. The second-order valence-electron chi connectivity index (χ2n) is 22.5. The predicted octanol–water partition coefficient (Wildman–Crippen LogP) is 7.66. The number of nitrogens with one attached hydrogen (secondary N) is 2. The van der Waals surface area contributed by atoms with E-state index in [0.717, 1.165) is 46.1 Å². The highest BCUT2D eigenvalue weighted by atomic mass is 79.9. The summed E-state index contributed by atoms with van der Waals surface area (Å²) in [5.41, 5.74) is -2.38. The molecule has 4 amide bonds. The van der Waals surface area contributed by atoms with E-state index in [1.54, 1.807) is 60.5 Å². The van der Waals surface area contributed by atoms with Crippen molar-refractivity contribution in [2.45, 2.75) is 132 Å². The molecule has 9 heterocycles. The second kappa shape index (κ2) is 25.6. The Hall–Kier alpha value is -8.32. The molecule has 0 unspecified atom stereocenters. The van der Waals surface area contributed by atoms with Crippen LogP contribution in [-0.2, 0) is 62.1 Å². The van der Waals surface area contributed by atoms with Crippen LogP contribution in [0.25, 0.3) is 17.3 Å². The average molecular weight is 1290 g/mol. The number of halogens is 7. The maximum Gasteiger partial charge on any atom is 0.433 e. The van der Waals surface area contributed by atoms with E-state index >= 15 is 0 Å². The lowest BCUT2D eigenvalue weighted by Crippen LogP contribution is -2.51. The minimum absolute atomic E-state index is 0.00126. The van der Waals surface area contributed by atoms with Crippen LogP contribution in [0.2, 0.25) is 0 Å². The molecule has 6 aromatic heterocycles. The number of aromatic nitrogens is 10. The Morgan fingerprint density at radius 2 is 1.02 bits per heavy atom. The summed E-state index contributed by atoms with van der Waals surface area (Å²) >= 11 is 3.19. The topological polar surface area (TPSA) is 263 Å². The van der Waals surface area contributed by atoms with Gasteiger partial charge >= 0.3 is 24.5 Å². The van der Waals surface area contributed by atoms with Crippen LogP contribution in [0.5, 0.6) is 0 Å². The first-order valence-electron chi connectivity index (χ1n) is 27.9. The fraction of sp³-hybridized carbons (Fsp3) is 0.527. The van der Waals surface area contributed by atoms with E-state index in [-0.39, 0.29) is 58.0 Å². The molecule has 2 fully saturated rings. The Kier molecular flexibility index (Phi) is 19.0. The molecule has 0 spiro atoms. The van der Waals surface area contributed by atoms with Crippen molar-refractivity contribution in [2.75, 3.05) is 79.4 Å². The van der Waals surface area contributed by atoms with Crippen LogP contribution in [0.1, 0.15) is 108 Å². The molecule has 2 saturated heterocycles. The number of piperazine rings is 2. The Morgan fingerprint density at radius 1 is 0.609 bits per heavy atom. The lowest BCUT2D eigenvalue weighted by atomic mass is 10.2. The van der Waals surface area contributed by atoms with Gasteiger partial charge in [-0.05, 0) is 127 Å². The molecule has 470 valence electrons. The number of amides is 4. The summed E-state index contributed by atoms with van der Waals surface area (Å²) in [6.07, 6.45) is -5.99. The summed E-state index contributed by atoms with van der Waals surface area (Å²) < 4.78 is 101. The maximum absolute atomic E-state index is 14.0. The van der Waals surface area contributed by atoms with Gasteiger partial charge in [-0.2, -0.15) is 45.3 Å². The predicted molar refractivity (Wildman–Crippen MR) is 309 cm³/mol. The summed E-state index contributed by atoms with van der Waals surface area (Å²) in [6.45, 7) is 19.6. The number of ether oxygens (including phenoxy) is 3. The van der Waals surface area contributed by atoms with Gasteiger partial charge in [0.05, 0.1) is 40.8 Å². The Morgan fingerprint density at radius 3 is 1.39 bits per heavy atom. The lowest BCUT2D eigenvalue weighted by molar-refractivity contribution is -0.142. The zero-order valence-corrected chi connectivity index (χ0v) is 51.2. The molecule has 0 radical (unpaired) electrons. The van der Waals surface area contributed by atoms with Crippen molar-refractivity contribution in [2.24, 2.45) is 0 Å². The zero-order chi connectivity index (χ0) is 63.7. The SMILES string of the molecule is CCc1c(N2CCN(C(=O)OC(C)(C)C)CC2)c(=O)n2nc(Br)nc2n1CC(=O)Nc1ccc(C(F)(F)F)nc1C.CCc1c(N2CCN(C(=O)OC(C)(C)C)CC2)c(=O)n2nc(C3=CCCCO3)nc2n1CC(=O)Nc1ccc(C(F)(F)F)nc1C. The number of allylic oxidation sites excluding steroid dienone is 1. The summed E-state index contributed by atoms with van der Waals surface area (Å²) in [6, 6.07) is 3.90. The van der Waals surface area contributed by atoms with Crippen molar-refractivity contribution in [3.05, 3.63) is 95.8 Å². The minimum Gasteiger partial charge on any atom is -0.490 e. The first-order valence-corrected chi connectivity index (χ1v) is 28.7. The molecule has 0 atom stereocenters. The molecule has 25 nitrogen and oxygen atoms in total. The smallest absolute Gasteiger partial charge is 0.433 e. The first kappa shape index (κ1) is 64.7. The van der Waals surface area contributed by atoms with Crippen molar-refractivity contribution < 1.29 is 59.7 Å². The Bertz CT molecular complexity index is 3760. The largest absolute Gasteiger partial charge is 0.490 e. The summed E-state index contributed by atoms with van der Waals surface area (Å²) in [5.74, 6) is -0.268. The number of anilines is 4. The maximum atomic E-state index is 14.0. The van der Waals surface area contributed by atoms with Crippen LogP contribution >= 0.6 is 15.9 Å². The number of hydrogen-bond acceptors (Lipinski definition) is 17. The molecule has 3 aliphatic heterocycles. The number of alkyl halides is 6. The van der Waals surface area contributed by atoms with Crippen LogP contribution in [0.3, 0.4) is 0 Å². The van der Waals surface area contributed by atoms with Gasteiger partial charge in [-0.1, -0.05) is 13.8 Å². The Labute approximate surface area is 502 Å². The summed E-state index contributed by atoms with van der Waals surface area (Å²) in [7, 11) is 0. The van der Waals surface area contributed by atoms with Gasteiger partial charge < -0.3 is 53.6 Å². The van der Waals surface area contributed by atoms with Crippen molar-refractivity contribution in [1.82, 2.24) is 58.1 Å². The second-order valence-corrected chi connectivity index (χ2v) is 23.2. The molecule has 32 heteroatoms. The van der Waals surface area contributed by atoms with Crippen molar-refractivity contribution in [3.63, 3.8) is 0 Å². The molecule has 3 aliphatic rings. The number of carbonyl (C=O) groups excluding carboxylic acids is 4. The van der Waals surface area contributed by atoms with Gasteiger partial charge in [0.25, 0.3) is 11.1 Å². The fourth-order valence-corrected chi connectivity index (χ4v) is 10.2. The number of aryl methyl sites for hydroxylation is 2. The monoisotopic (exact) mass is 1290 g/mol. The third-order valence-corrected chi connectivity index (χ3v) is 14.2. The fourth-order valence-electron chi connectivity index (χ4n) is 9.90. The number of pyridine rings is 2. The molecule has 6 aromatic rings. The third-order valence-electron chi connectivity index (χ3n) is 13.9. The van der Waals surface area contributed by atoms with E-state index in [9.17, 15) is 55.1 Å². The van der Waals surface area contributed by atoms with Gasteiger partial charge in [0.15, 0.2) is 5.76 Å². The van der Waals surface area contributed by atoms with Gasteiger partial charge in [-0.3, -0.25) is 19.2 Å². The minimum atomic E-state index is -4.62. The highest BCUT2D eigenvalue weighted by Crippen LogP contribution is 2.32. The summed E-state index contributed by atoms with van der Waals surface area (Å²) in [4.78, 5) is 102. The molecule has 0 bridgehead atoms.